The molecule has 3 aromatic carbocycles. The molecule has 6 nitrogen and oxygen atoms in total. The van der Waals surface area contributed by atoms with Crippen molar-refractivity contribution in [1.29, 1.82) is 0 Å². The van der Waals surface area contributed by atoms with Gasteiger partial charge < -0.3 is 0 Å². The lowest BCUT2D eigenvalue weighted by atomic mass is 9.87. The standard InChI is InChI=1S/C34H36N2O4/c37-31(25-13-5-1-6-14-25)35(32(38)26-15-7-2-8-16-26)29-21-23-30(24-22-29)36(33(39)27-17-9-3-10-18-27)34(40)28-19-11-4-12-20-28/h1,3,5-6,9-10,13-14,17-18,21-24,26,28H,2,4,7-8,11-12,15-16,19-20H2. The minimum absolute atomic E-state index is 0.197. The third-order valence-electron chi connectivity index (χ3n) is 8.16. The predicted molar refractivity (Wildman–Crippen MR) is 156 cm³/mol. The van der Waals surface area contributed by atoms with Crippen LogP contribution in [0.25, 0.3) is 0 Å². The van der Waals surface area contributed by atoms with Crippen molar-refractivity contribution in [3.05, 3.63) is 96.1 Å². The molecular weight excluding hydrogens is 500 g/mol. The van der Waals surface area contributed by atoms with Crippen LogP contribution in [0.4, 0.5) is 11.4 Å². The third kappa shape index (κ3) is 6.06. The van der Waals surface area contributed by atoms with Crippen molar-refractivity contribution < 1.29 is 19.2 Å². The van der Waals surface area contributed by atoms with Crippen molar-refractivity contribution >= 4 is 35.0 Å². The third-order valence-corrected chi connectivity index (χ3v) is 8.16. The van der Waals surface area contributed by atoms with Crippen LogP contribution in [0.2, 0.25) is 0 Å². The number of imide groups is 2. The first-order chi connectivity index (χ1) is 19.5. The highest BCUT2D eigenvalue weighted by Crippen LogP contribution is 2.32. The summed E-state index contributed by atoms with van der Waals surface area (Å²) in [6.45, 7) is 0. The molecule has 2 aliphatic rings. The Kier molecular flexibility index (Phi) is 8.84. The van der Waals surface area contributed by atoms with Gasteiger partial charge >= 0.3 is 0 Å². The Labute approximate surface area is 236 Å². The Morgan fingerprint density at radius 3 is 1.10 bits per heavy atom. The summed E-state index contributed by atoms with van der Waals surface area (Å²) in [5, 5.41) is 0. The van der Waals surface area contributed by atoms with Gasteiger partial charge in [-0.15, -0.1) is 0 Å². The van der Waals surface area contributed by atoms with E-state index < -0.39 is 0 Å². The quantitative estimate of drug-likeness (QED) is 0.312. The normalized spacial score (nSPS) is 16.2. The number of benzene rings is 3. The molecule has 0 bridgehead atoms. The Morgan fingerprint density at radius 1 is 0.450 bits per heavy atom. The predicted octanol–water partition coefficient (Wildman–Crippen LogP) is 7.19. The summed E-state index contributed by atoms with van der Waals surface area (Å²) in [5.74, 6) is -1.55. The molecule has 0 spiro atoms. The molecule has 4 amide bonds. The minimum Gasteiger partial charge on any atom is -0.274 e. The summed E-state index contributed by atoms with van der Waals surface area (Å²) >= 11 is 0. The summed E-state index contributed by atoms with van der Waals surface area (Å²) in [6, 6.07) is 24.3. The van der Waals surface area contributed by atoms with Gasteiger partial charge in [-0.2, -0.15) is 0 Å². The number of nitrogens with zero attached hydrogens (tertiary/aromatic N) is 2. The van der Waals surface area contributed by atoms with E-state index >= 15 is 0 Å². The highest BCUT2D eigenvalue weighted by molar-refractivity contribution is 6.23. The fraction of sp³-hybridized carbons (Fsp3) is 0.353. The maximum absolute atomic E-state index is 13.7. The van der Waals surface area contributed by atoms with Gasteiger partial charge in [0.25, 0.3) is 11.8 Å². The van der Waals surface area contributed by atoms with Crippen LogP contribution in [0.3, 0.4) is 0 Å². The smallest absolute Gasteiger partial charge is 0.265 e. The lowest BCUT2D eigenvalue weighted by Gasteiger charge is -2.30. The molecule has 0 heterocycles. The zero-order chi connectivity index (χ0) is 27.9. The van der Waals surface area contributed by atoms with Crippen LogP contribution in [-0.4, -0.2) is 23.6 Å². The molecule has 2 fully saturated rings. The highest BCUT2D eigenvalue weighted by atomic mass is 16.2. The van der Waals surface area contributed by atoms with Gasteiger partial charge in [-0.3, -0.25) is 19.2 Å². The summed E-state index contributed by atoms with van der Waals surface area (Å²) in [7, 11) is 0. The number of amides is 4. The number of rotatable bonds is 6. The molecule has 0 unspecified atom stereocenters. The van der Waals surface area contributed by atoms with E-state index in [0.717, 1.165) is 64.2 Å². The van der Waals surface area contributed by atoms with Crippen molar-refractivity contribution in [3.8, 4) is 0 Å². The molecular formula is C34H36N2O4. The van der Waals surface area contributed by atoms with Crippen molar-refractivity contribution in [2.45, 2.75) is 64.2 Å². The first-order valence-corrected chi connectivity index (χ1v) is 14.5. The molecule has 0 aromatic heterocycles. The SMILES string of the molecule is O=C(c1ccccc1)N(C(=O)C1CCCCC1)c1ccc(N(C(=O)c2ccccc2)C(=O)C2CCCCC2)cc1. The van der Waals surface area contributed by atoms with Crippen LogP contribution in [0.15, 0.2) is 84.9 Å². The van der Waals surface area contributed by atoms with Gasteiger partial charge in [-0.25, -0.2) is 9.80 Å². The van der Waals surface area contributed by atoms with Gasteiger partial charge in [0.1, 0.15) is 0 Å². The molecule has 3 aromatic rings. The van der Waals surface area contributed by atoms with E-state index in [1.807, 2.05) is 12.1 Å². The van der Waals surface area contributed by atoms with Crippen LogP contribution in [0.1, 0.15) is 84.9 Å². The van der Waals surface area contributed by atoms with E-state index in [4.69, 9.17) is 0 Å². The van der Waals surface area contributed by atoms with Crippen LogP contribution in [0, 0.1) is 11.8 Å². The molecule has 206 valence electrons. The molecule has 0 N–H and O–H groups in total. The van der Waals surface area contributed by atoms with E-state index in [-0.39, 0.29) is 35.5 Å². The lowest BCUT2D eigenvalue weighted by Crippen LogP contribution is -2.42. The fourth-order valence-corrected chi connectivity index (χ4v) is 5.92. The monoisotopic (exact) mass is 536 g/mol. The Balaban J connectivity index is 1.49. The number of hydrogen-bond donors (Lipinski definition) is 0. The van der Waals surface area contributed by atoms with Crippen LogP contribution < -0.4 is 9.80 Å². The number of carbonyl (C=O) groups is 4. The maximum Gasteiger partial charge on any atom is 0.265 e. The van der Waals surface area contributed by atoms with Crippen molar-refractivity contribution in [2.75, 3.05) is 9.80 Å². The zero-order valence-corrected chi connectivity index (χ0v) is 22.8. The van der Waals surface area contributed by atoms with Gasteiger partial charge in [-0.05, 0) is 74.2 Å². The van der Waals surface area contributed by atoms with Crippen molar-refractivity contribution in [1.82, 2.24) is 0 Å². The molecule has 6 heteroatoms. The highest BCUT2D eigenvalue weighted by Gasteiger charge is 2.34. The molecule has 0 atom stereocenters. The second-order valence-corrected chi connectivity index (χ2v) is 10.9. The molecule has 5 rings (SSSR count). The van der Waals surface area contributed by atoms with E-state index in [0.29, 0.717) is 22.5 Å². The van der Waals surface area contributed by atoms with Crippen molar-refractivity contribution in [3.63, 3.8) is 0 Å². The molecule has 0 radical (unpaired) electrons. The first kappa shape index (κ1) is 27.5. The molecule has 0 saturated heterocycles. The minimum atomic E-state index is -0.376. The summed E-state index contributed by atoms with van der Waals surface area (Å²) in [6.07, 6.45) is 9.18. The van der Waals surface area contributed by atoms with E-state index in [2.05, 4.69) is 0 Å². The Hall–Kier alpha value is -4.06. The Bertz CT molecular complexity index is 1220. The van der Waals surface area contributed by atoms with Gasteiger partial charge in [-0.1, -0.05) is 74.9 Å². The summed E-state index contributed by atoms with van der Waals surface area (Å²) in [5.41, 5.74) is 1.74. The van der Waals surface area contributed by atoms with E-state index in [1.54, 1.807) is 72.8 Å². The second-order valence-electron chi connectivity index (χ2n) is 10.9. The number of carbonyl (C=O) groups excluding carboxylic acids is 4. The van der Waals surface area contributed by atoms with Crippen molar-refractivity contribution in [2.24, 2.45) is 11.8 Å². The number of anilines is 2. The average molecular weight is 537 g/mol. The largest absolute Gasteiger partial charge is 0.274 e. The Morgan fingerprint density at radius 2 is 0.775 bits per heavy atom. The second kappa shape index (κ2) is 12.9. The van der Waals surface area contributed by atoms with Gasteiger partial charge in [0.05, 0.1) is 11.4 Å². The van der Waals surface area contributed by atoms with Crippen LogP contribution in [0.5, 0.6) is 0 Å². The van der Waals surface area contributed by atoms with E-state index in [9.17, 15) is 19.2 Å². The number of hydrogen-bond acceptors (Lipinski definition) is 4. The van der Waals surface area contributed by atoms with Crippen LogP contribution in [-0.2, 0) is 9.59 Å². The molecule has 0 aliphatic heterocycles. The molecule has 40 heavy (non-hydrogen) atoms. The van der Waals surface area contributed by atoms with Gasteiger partial charge in [0.2, 0.25) is 11.8 Å². The summed E-state index contributed by atoms with van der Waals surface area (Å²) < 4.78 is 0. The first-order valence-electron chi connectivity index (χ1n) is 14.5. The van der Waals surface area contributed by atoms with Crippen LogP contribution >= 0.6 is 0 Å². The van der Waals surface area contributed by atoms with Gasteiger partial charge in [0, 0.05) is 23.0 Å². The lowest BCUT2D eigenvalue weighted by molar-refractivity contribution is -0.123. The average Bonchev–Trinajstić information content (AvgIpc) is 3.03. The fourth-order valence-electron chi connectivity index (χ4n) is 5.92. The van der Waals surface area contributed by atoms with E-state index in [1.165, 1.54) is 9.80 Å². The topological polar surface area (TPSA) is 74.8 Å². The zero-order valence-electron chi connectivity index (χ0n) is 22.8. The van der Waals surface area contributed by atoms with Gasteiger partial charge in [0.15, 0.2) is 0 Å². The summed E-state index contributed by atoms with van der Waals surface area (Å²) in [4.78, 5) is 57.3. The molecule has 2 saturated carbocycles. The maximum atomic E-state index is 13.7. The molecule has 2 aliphatic carbocycles.